The van der Waals surface area contributed by atoms with Gasteiger partial charge in [-0.25, -0.2) is 0 Å². The molecule has 20 heavy (non-hydrogen) atoms. The van der Waals surface area contributed by atoms with Gasteiger partial charge in [-0.05, 0) is 34.7 Å². The third-order valence-electron chi connectivity index (χ3n) is 3.17. The van der Waals surface area contributed by atoms with Crippen molar-refractivity contribution >= 4 is 57.6 Å². The normalized spacial score (nSPS) is 15.6. The maximum atomic E-state index is 12.4. The van der Waals surface area contributed by atoms with E-state index in [1.165, 1.54) is 0 Å². The second-order valence-corrected chi connectivity index (χ2v) is 6.66. The molecule has 0 aromatic heterocycles. The van der Waals surface area contributed by atoms with E-state index in [0.29, 0.717) is 31.7 Å². The molecule has 0 unspecified atom stereocenters. The van der Waals surface area contributed by atoms with Gasteiger partial charge in [0.05, 0.1) is 5.56 Å². The lowest BCUT2D eigenvalue weighted by Gasteiger charge is -2.35. The molecule has 2 amide bonds. The van der Waals surface area contributed by atoms with Crippen molar-refractivity contribution in [2.24, 2.45) is 0 Å². The van der Waals surface area contributed by atoms with Crippen LogP contribution in [-0.4, -0.2) is 52.6 Å². The number of benzene rings is 1. The summed E-state index contributed by atoms with van der Waals surface area (Å²) in [4.78, 5) is 26.4. The van der Waals surface area contributed by atoms with Crippen molar-refractivity contribution in [3.8, 4) is 0 Å². The largest absolute Gasteiger partial charge is 0.337 e. The fourth-order valence-corrected chi connectivity index (χ4v) is 2.97. The standard InChI is InChI=1S/C13H13Cl2IN2O2/c14-11(15)13(20)18-7-5-17(6-8-18)12(19)9-3-1-2-4-10(9)16/h1-4,11H,5-8H2. The molecule has 7 heteroatoms. The minimum Gasteiger partial charge on any atom is -0.337 e. The maximum absolute atomic E-state index is 12.4. The second kappa shape index (κ2) is 6.95. The summed E-state index contributed by atoms with van der Waals surface area (Å²) in [5.74, 6) is -0.301. The number of carbonyl (C=O) groups is 2. The van der Waals surface area contributed by atoms with Gasteiger partial charge < -0.3 is 9.80 Å². The highest BCUT2D eigenvalue weighted by atomic mass is 127. The monoisotopic (exact) mass is 426 g/mol. The molecule has 1 aliphatic rings. The number of nitrogens with zero attached hydrogens (tertiary/aromatic N) is 2. The van der Waals surface area contributed by atoms with Crippen LogP contribution in [0.15, 0.2) is 24.3 Å². The first-order valence-electron chi connectivity index (χ1n) is 6.11. The Bertz CT molecular complexity index is 517. The van der Waals surface area contributed by atoms with Crippen molar-refractivity contribution in [3.63, 3.8) is 0 Å². The molecule has 0 atom stereocenters. The summed E-state index contributed by atoms with van der Waals surface area (Å²) in [5.41, 5.74) is 0.695. The fraction of sp³-hybridized carbons (Fsp3) is 0.385. The summed E-state index contributed by atoms with van der Waals surface area (Å²) in [7, 11) is 0. The average molecular weight is 427 g/mol. The van der Waals surface area contributed by atoms with E-state index in [4.69, 9.17) is 23.2 Å². The number of rotatable bonds is 2. The van der Waals surface area contributed by atoms with Crippen LogP contribution >= 0.6 is 45.8 Å². The first-order valence-corrected chi connectivity index (χ1v) is 8.06. The summed E-state index contributed by atoms with van der Waals surface area (Å²) in [5, 5.41) is 0. The average Bonchev–Trinajstić information content (AvgIpc) is 2.46. The van der Waals surface area contributed by atoms with Crippen molar-refractivity contribution in [2.75, 3.05) is 26.2 Å². The first kappa shape index (κ1) is 15.9. The highest BCUT2D eigenvalue weighted by Crippen LogP contribution is 2.16. The van der Waals surface area contributed by atoms with Gasteiger partial charge in [0.15, 0.2) is 4.84 Å². The lowest BCUT2D eigenvalue weighted by molar-refractivity contribution is -0.130. The Hall–Kier alpha value is -0.530. The third kappa shape index (κ3) is 3.56. The van der Waals surface area contributed by atoms with E-state index in [0.717, 1.165) is 3.57 Å². The number of halogens is 3. The molecule has 4 nitrogen and oxygen atoms in total. The minimum atomic E-state index is -1.03. The second-order valence-electron chi connectivity index (χ2n) is 4.40. The molecule has 1 aromatic carbocycles. The van der Waals surface area contributed by atoms with Gasteiger partial charge in [-0.15, -0.1) is 0 Å². The number of piperazine rings is 1. The Labute approximate surface area is 141 Å². The molecule has 1 aliphatic heterocycles. The Morgan fingerprint density at radius 2 is 1.60 bits per heavy atom. The molecule has 0 N–H and O–H groups in total. The topological polar surface area (TPSA) is 40.6 Å². The number of hydrogen-bond donors (Lipinski definition) is 0. The molecule has 1 fully saturated rings. The Balaban J connectivity index is 1.99. The third-order valence-corrected chi connectivity index (χ3v) is 4.48. The SMILES string of the molecule is O=C(c1ccccc1I)N1CCN(C(=O)C(Cl)Cl)CC1. The predicted octanol–water partition coefficient (Wildman–Crippen LogP) is 2.38. The van der Waals surface area contributed by atoms with Gasteiger partial charge in [-0.3, -0.25) is 9.59 Å². The molecule has 0 bridgehead atoms. The Kier molecular flexibility index (Phi) is 5.51. The quantitative estimate of drug-likeness (QED) is 0.538. The summed E-state index contributed by atoms with van der Waals surface area (Å²) >= 11 is 13.3. The van der Waals surface area contributed by atoms with Crippen molar-refractivity contribution in [3.05, 3.63) is 33.4 Å². The van der Waals surface area contributed by atoms with Crippen molar-refractivity contribution in [2.45, 2.75) is 4.84 Å². The van der Waals surface area contributed by atoms with E-state index in [9.17, 15) is 9.59 Å². The molecule has 1 heterocycles. The highest BCUT2D eigenvalue weighted by Gasteiger charge is 2.27. The maximum Gasteiger partial charge on any atom is 0.255 e. The van der Waals surface area contributed by atoms with E-state index in [-0.39, 0.29) is 11.8 Å². The van der Waals surface area contributed by atoms with Crippen LogP contribution in [0.4, 0.5) is 0 Å². The van der Waals surface area contributed by atoms with Gasteiger partial charge in [-0.2, -0.15) is 0 Å². The smallest absolute Gasteiger partial charge is 0.255 e. The van der Waals surface area contributed by atoms with Crippen LogP contribution in [0.25, 0.3) is 0 Å². The summed E-state index contributed by atoms with van der Waals surface area (Å²) in [6.45, 7) is 1.92. The molecule has 0 aliphatic carbocycles. The van der Waals surface area contributed by atoms with Crippen LogP contribution in [0.2, 0.25) is 0 Å². The van der Waals surface area contributed by atoms with E-state index in [2.05, 4.69) is 22.6 Å². The molecular weight excluding hydrogens is 414 g/mol. The van der Waals surface area contributed by atoms with Crippen LogP contribution in [-0.2, 0) is 4.79 Å². The van der Waals surface area contributed by atoms with Crippen LogP contribution < -0.4 is 0 Å². The molecule has 0 radical (unpaired) electrons. The predicted molar refractivity (Wildman–Crippen MR) is 87.1 cm³/mol. The Morgan fingerprint density at radius 3 is 2.15 bits per heavy atom. The van der Waals surface area contributed by atoms with Gasteiger partial charge in [0.1, 0.15) is 0 Å². The van der Waals surface area contributed by atoms with Crippen molar-refractivity contribution in [1.29, 1.82) is 0 Å². The molecule has 0 spiro atoms. The van der Waals surface area contributed by atoms with Crippen LogP contribution in [0, 0.1) is 3.57 Å². The lowest BCUT2D eigenvalue weighted by atomic mass is 10.2. The number of carbonyl (C=O) groups excluding carboxylic acids is 2. The van der Waals surface area contributed by atoms with Gasteiger partial charge in [0, 0.05) is 29.7 Å². The zero-order valence-electron chi connectivity index (χ0n) is 10.6. The first-order chi connectivity index (χ1) is 9.50. The Morgan fingerprint density at radius 1 is 1.05 bits per heavy atom. The number of amides is 2. The van der Waals surface area contributed by atoms with Crippen LogP contribution in [0.5, 0.6) is 0 Å². The summed E-state index contributed by atoms with van der Waals surface area (Å²) in [6, 6.07) is 7.46. The van der Waals surface area contributed by atoms with Gasteiger partial charge in [0.25, 0.3) is 11.8 Å². The molecule has 1 saturated heterocycles. The van der Waals surface area contributed by atoms with E-state index >= 15 is 0 Å². The fourth-order valence-electron chi connectivity index (χ4n) is 2.07. The van der Waals surface area contributed by atoms with Gasteiger partial charge >= 0.3 is 0 Å². The molecule has 1 aromatic rings. The number of alkyl halides is 2. The zero-order chi connectivity index (χ0) is 14.7. The highest BCUT2D eigenvalue weighted by molar-refractivity contribution is 14.1. The van der Waals surface area contributed by atoms with E-state index < -0.39 is 4.84 Å². The van der Waals surface area contributed by atoms with E-state index in [1.54, 1.807) is 9.80 Å². The van der Waals surface area contributed by atoms with Crippen molar-refractivity contribution in [1.82, 2.24) is 9.80 Å². The van der Waals surface area contributed by atoms with Gasteiger partial charge in [0.2, 0.25) is 0 Å². The number of hydrogen-bond acceptors (Lipinski definition) is 2. The zero-order valence-corrected chi connectivity index (χ0v) is 14.2. The summed E-state index contributed by atoms with van der Waals surface area (Å²) in [6.07, 6.45) is 0. The molecule has 0 saturated carbocycles. The van der Waals surface area contributed by atoms with E-state index in [1.807, 2.05) is 24.3 Å². The van der Waals surface area contributed by atoms with Gasteiger partial charge in [-0.1, -0.05) is 35.3 Å². The van der Waals surface area contributed by atoms with Crippen molar-refractivity contribution < 1.29 is 9.59 Å². The van der Waals surface area contributed by atoms with Crippen LogP contribution in [0.1, 0.15) is 10.4 Å². The molecule has 108 valence electrons. The summed E-state index contributed by atoms with van der Waals surface area (Å²) < 4.78 is 0.926. The minimum absolute atomic E-state index is 0.00426. The molecular formula is C13H13Cl2IN2O2. The van der Waals surface area contributed by atoms with Crippen LogP contribution in [0.3, 0.4) is 0 Å². The molecule has 2 rings (SSSR count). The lowest BCUT2D eigenvalue weighted by Crippen LogP contribution is -2.51.